The van der Waals surface area contributed by atoms with Gasteiger partial charge in [0.25, 0.3) is 0 Å². The highest BCUT2D eigenvalue weighted by molar-refractivity contribution is 8.93. The lowest BCUT2D eigenvalue weighted by molar-refractivity contribution is 0.701. The summed E-state index contributed by atoms with van der Waals surface area (Å²) in [5.74, 6) is 0. The normalized spacial score (nSPS) is 12.6. The van der Waals surface area contributed by atoms with E-state index in [1.165, 1.54) is 44.9 Å². The predicted octanol–water partition coefficient (Wildman–Crippen LogP) is 6.23. The third-order valence-corrected chi connectivity index (χ3v) is 6.64. The highest BCUT2D eigenvalue weighted by Gasteiger charge is 2.17. The summed E-state index contributed by atoms with van der Waals surface area (Å²) >= 11 is 0. The van der Waals surface area contributed by atoms with Gasteiger partial charge in [0.2, 0.25) is 0 Å². The number of halogens is 1. The minimum Gasteiger partial charge on any atom is -0.114 e. The van der Waals surface area contributed by atoms with Gasteiger partial charge in [0.1, 0.15) is 0 Å². The number of unbranched alkanes of at least 4 members (excludes halogenated alkanes) is 2. The highest BCUT2D eigenvalue weighted by atomic mass is 79.9. The van der Waals surface area contributed by atoms with Crippen LogP contribution in [0, 0.1) is 0 Å². The summed E-state index contributed by atoms with van der Waals surface area (Å²) in [6, 6.07) is 0. The van der Waals surface area contributed by atoms with Crippen LogP contribution in [0.4, 0.5) is 0 Å². The van der Waals surface area contributed by atoms with Crippen molar-refractivity contribution in [3.8, 4) is 0 Å². The molecule has 0 saturated heterocycles. The van der Waals surface area contributed by atoms with Gasteiger partial charge < -0.3 is 0 Å². The molecule has 0 radical (unpaired) electrons. The molecule has 2 heteroatoms. The van der Waals surface area contributed by atoms with E-state index < -0.39 is 0 Å². The molecule has 1 unspecified atom stereocenters. The Morgan fingerprint density at radius 3 is 1.62 bits per heavy atom. The van der Waals surface area contributed by atoms with Gasteiger partial charge in [0, 0.05) is 0 Å². The molecule has 0 amide bonds. The fraction of sp³-hybridized carbons (Fsp3) is 1.00. The van der Waals surface area contributed by atoms with Crippen molar-refractivity contribution >= 4 is 24.9 Å². The van der Waals surface area contributed by atoms with Crippen molar-refractivity contribution in [3.05, 3.63) is 0 Å². The SMILES string of the molecule is Br.CCCCP(CCCC)C(CC)CCC. The summed E-state index contributed by atoms with van der Waals surface area (Å²) in [6.45, 7) is 9.39. The van der Waals surface area contributed by atoms with Gasteiger partial charge in [-0.15, -0.1) is 24.9 Å². The molecule has 0 aliphatic heterocycles. The van der Waals surface area contributed by atoms with Gasteiger partial charge in [-0.2, -0.15) is 0 Å². The van der Waals surface area contributed by atoms with E-state index in [0.29, 0.717) is 7.92 Å². The Labute approximate surface area is 115 Å². The molecular weight excluding hydrogens is 279 g/mol. The van der Waals surface area contributed by atoms with Gasteiger partial charge in [0.05, 0.1) is 0 Å². The van der Waals surface area contributed by atoms with E-state index in [4.69, 9.17) is 0 Å². The quantitative estimate of drug-likeness (QED) is 0.420. The Morgan fingerprint density at radius 1 is 0.812 bits per heavy atom. The number of rotatable bonds is 10. The molecule has 0 fully saturated rings. The summed E-state index contributed by atoms with van der Waals surface area (Å²) in [7, 11) is 0.358. The standard InChI is InChI=1S/C14H31P.BrH/c1-5-9-12-15(13-10-6-2)14(8-4)11-7-3;/h14H,5-13H2,1-4H3;1H. The van der Waals surface area contributed by atoms with Crippen molar-refractivity contribution in [1.82, 2.24) is 0 Å². The van der Waals surface area contributed by atoms with Crippen LogP contribution in [0.25, 0.3) is 0 Å². The molecule has 16 heavy (non-hydrogen) atoms. The lowest BCUT2D eigenvalue weighted by Gasteiger charge is -2.26. The second kappa shape index (κ2) is 14.0. The second-order valence-corrected chi connectivity index (χ2v) is 7.40. The average Bonchev–Trinajstić information content (AvgIpc) is 2.27. The predicted molar refractivity (Wildman–Crippen MR) is 85.8 cm³/mol. The van der Waals surface area contributed by atoms with Crippen LogP contribution in [0.3, 0.4) is 0 Å². The first-order chi connectivity index (χ1) is 7.29. The maximum atomic E-state index is 2.40. The van der Waals surface area contributed by atoms with Gasteiger partial charge in [-0.1, -0.05) is 47.0 Å². The van der Waals surface area contributed by atoms with Crippen LogP contribution in [0.5, 0.6) is 0 Å². The molecule has 0 aromatic heterocycles. The summed E-state index contributed by atoms with van der Waals surface area (Å²) in [5.41, 5.74) is 1.07. The van der Waals surface area contributed by atoms with E-state index in [9.17, 15) is 0 Å². The Morgan fingerprint density at radius 2 is 1.31 bits per heavy atom. The molecule has 100 valence electrons. The summed E-state index contributed by atoms with van der Waals surface area (Å²) < 4.78 is 0. The minimum absolute atomic E-state index is 0. The van der Waals surface area contributed by atoms with Gasteiger partial charge >= 0.3 is 0 Å². The molecule has 0 rings (SSSR count). The van der Waals surface area contributed by atoms with Crippen molar-refractivity contribution in [2.45, 2.75) is 78.3 Å². The third-order valence-electron chi connectivity index (χ3n) is 3.21. The molecule has 0 aliphatic carbocycles. The maximum absolute atomic E-state index is 2.40. The topological polar surface area (TPSA) is 0 Å². The minimum atomic E-state index is 0. The van der Waals surface area contributed by atoms with Crippen molar-refractivity contribution in [2.24, 2.45) is 0 Å². The first-order valence-electron chi connectivity index (χ1n) is 7.04. The van der Waals surface area contributed by atoms with E-state index in [-0.39, 0.29) is 17.0 Å². The van der Waals surface area contributed by atoms with E-state index in [2.05, 4.69) is 27.7 Å². The molecule has 1 atom stereocenters. The zero-order valence-corrected chi connectivity index (χ0v) is 14.4. The molecule has 0 nitrogen and oxygen atoms in total. The molecule has 0 aromatic carbocycles. The molecule has 0 aromatic rings. The molecule has 0 spiro atoms. The van der Waals surface area contributed by atoms with Crippen molar-refractivity contribution < 1.29 is 0 Å². The van der Waals surface area contributed by atoms with Gasteiger partial charge in [-0.05, 0) is 43.7 Å². The Bertz CT molecular complexity index is 120. The third kappa shape index (κ3) is 8.99. The molecule has 0 saturated carbocycles. The van der Waals surface area contributed by atoms with Crippen molar-refractivity contribution in [1.29, 1.82) is 0 Å². The fourth-order valence-electron chi connectivity index (χ4n) is 2.18. The molecule has 0 aliphatic rings. The van der Waals surface area contributed by atoms with E-state index in [1.807, 2.05) is 0 Å². The van der Waals surface area contributed by atoms with E-state index >= 15 is 0 Å². The molecule has 0 bridgehead atoms. The van der Waals surface area contributed by atoms with Crippen LogP contribution in [-0.4, -0.2) is 18.0 Å². The lowest BCUT2D eigenvalue weighted by atomic mass is 10.2. The van der Waals surface area contributed by atoms with Crippen molar-refractivity contribution in [2.75, 3.05) is 12.3 Å². The summed E-state index contributed by atoms with van der Waals surface area (Å²) in [5, 5.41) is 0. The fourth-order valence-corrected chi connectivity index (χ4v) is 5.72. The van der Waals surface area contributed by atoms with Gasteiger partial charge in [-0.25, -0.2) is 0 Å². The zero-order chi connectivity index (χ0) is 11.5. The second-order valence-electron chi connectivity index (χ2n) is 4.59. The van der Waals surface area contributed by atoms with Crippen LogP contribution >= 0.6 is 24.9 Å². The number of hydrogen-bond donors (Lipinski definition) is 0. The largest absolute Gasteiger partial charge is 0.114 e. The number of hydrogen-bond acceptors (Lipinski definition) is 0. The Hall–Kier alpha value is 0.910. The maximum Gasteiger partial charge on any atom is -0.0212 e. The zero-order valence-electron chi connectivity index (χ0n) is 11.8. The van der Waals surface area contributed by atoms with Crippen LogP contribution < -0.4 is 0 Å². The first-order valence-corrected chi connectivity index (χ1v) is 8.82. The molecular formula is C14H32BrP. The van der Waals surface area contributed by atoms with Crippen LogP contribution in [0.2, 0.25) is 0 Å². The van der Waals surface area contributed by atoms with E-state index in [0.717, 1.165) is 5.66 Å². The van der Waals surface area contributed by atoms with E-state index in [1.54, 1.807) is 12.3 Å². The molecule has 0 N–H and O–H groups in total. The summed E-state index contributed by atoms with van der Waals surface area (Å²) in [4.78, 5) is 0. The van der Waals surface area contributed by atoms with Gasteiger partial charge in [0.15, 0.2) is 0 Å². The average molecular weight is 311 g/mol. The Kier molecular flexibility index (Phi) is 16.8. The van der Waals surface area contributed by atoms with Crippen LogP contribution in [0.1, 0.15) is 72.6 Å². The summed E-state index contributed by atoms with van der Waals surface area (Å²) in [6.07, 6.45) is 13.1. The first kappa shape index (κ1) is 19.3. The molecule has 0 heterocycles. The lowest BCUT2D eigenvalue weighted by Crippen LogP contribution is -2.08. The Balaban J connectivity index is 0. The smallest absolute Gasteiger partial charge is 0.0212 e. The van der Waals surface area contributed by atoms with Crippen molar-refractivity contribution in [3.63, 3.8) is 0 Å². The van der Waals surface area contributed by atoms with Crippen LogP contribution in [-0.2, 0) is 0 Å². The van der Waals surface area contributed by atoms with Crippen LogP contribution in [0.15, 0.2) is 0 Å². The monoisotopic (exact) mass is 310 g/mol. The highest BCUT2D eigenvalue weighted by Crippen LogP contribution is 2.46. The van der Waals surface area contributed by atoms with Gasteiger partial charge in [-0.3, -0.25) is 0 Å².